The lowest BCUT2D eigenvalue weighted by Crippen LogP contribution is -2.13. The first-order valence-electron chi connectivity index (χ1n) is 3.76. The number of nitrogens with zero attached hydrogens (tertiary/aromatic N) is 1. The minimum atomic E-state index is -5.07. The highest BCUT2D eigenvalue weighted by atomic mass is 19.4. The van der Waals surface area contributed by atoms with E-state index in [1.807, 2.05) is 0 Å². The van der Waals surface area contributed by atoms with Gasteiger partial charge in [0.05, 0.1) is 0 Å². The Kier molecular flexibility index (Phi) is 2.92. The first-order valence-corrected chi connectivity index (χ1v) is 3.76. The van der Waals surface area contributed by atoms with Gasteiger partial charge in [-0.3, -0.25) is 0 Å². The van der Waals surface area contributed by atoms with Crippen molar-refractivity contribution in [2.24, 2.45) is 0 Å². The van der Waals surface area contributed by atoms with Crippen LogP contribution in [-0.2, 0) is 6.18 Å². The van der Waals surface area contributed by atoms with Gasteiger partial charge in [0.25, 0.3) is 6.43 Å². The highest BCUT2D eigenvalue weighted by molar-refractivity contribution is 5.25. The van der Waals surface area contributed by atoms with Gasteiger partial charge < -0.3 is 0 Å². The van der Waals surface area contributed by atoms with Crippen LogP contribution in [0.2, 0.25) is 0 Å². The summed E-state index contributed by atoms with van der Waals surface area (Å²) in [6, 6.07) is 0.400. The first kappa shape index (κ1) is 11.8. The van der Waals surface area contributed by atoms with Gasteiger partial charge in [-0.2, -0.15) is 13.2 Å². The number of pyridine rings is 1. The van der Waals surface area contributed by atoms with E-state index in [9.17, 15) is 26.3 Å². The van der Waals surface area contributed by atoms with E-state index in [1.54, 1.807) is 0 Å². The Balaban J connectivity index is 3.37. The molecule has 0 aliphatic heterocycles. The number of alkyl halides is 5. The van der Waals surface area contributed by atoms with Crippen LogP contribution in [0, 0.1) is 12.7 Å². The van der Waals surface area contributed by atoms with Gasteiger partial charge in [0, 0.05) is 0 Å². The summed E-state index contributed by atoms with van der Waals surface area (Å²) >= 11 is 0. The molecule has 0 fully saturated rings. The Hall–Kier alpha value is -1.27. The van der Waals surface area contributed by atoms with Crippen molar-refractivity contribution in [1.82, 2.24) is 4.98 Å². The fourth-order valence-corrected chi connectivity index (χ4v) is 1.01. The molecule has 0 aliphatic rings. The second-order valence-corrected chi connectivity index (χ2v) is 2.82. The van der Waals surface area contributed by atoms with Crippen LogP contribution >= 0.6 is 0 Å². The molecule has 1 heterocycles. The van der Waals surface area contributed by atoms with Crippen LogP contribution in [-0.4, -0.2) is 4.98 Å². The van der Waals surface area contributed by atoms with Gasteiger partial charge in [0.2, 0.25) is 0 Å². The maximum atomic E-state index is 12.8. The summed E-state index contributed by atoms with van der Waals surface area (Å²) in [4.78, 5) is 2.59. The van der Waals surface area contributed by atoms with Crippen LogP contribution in [0.5, 0.6) is 0 Å². The van der Waals surface area contributed by atoms with Crippen molar-refractivity contribution in [3.63, 3.8) is 0 Å². The van der Waals surface area contributed by atoms with Gasteiger partial charge >= 0.3 is 6.18 Å². The molecule has 0 amide bonds. The van der Waals surface area contributed by atoms with Crippen molar-refractivity contribution in [3.05, 3.63) is 28.8 Å². The third-order valence-electron chi connectivity index (χ3n) is 1.68. The molecular formula is C8H5F6N. The molecule has 84 valence electrons. The van der Waals surface area contributed by atoms with E-state index in [0.717, 1.165) is 6.92 Å². The van der Waals surface area contributed by atoms with E-state index in [1.165, 1.54) is 0 Å². The highest BCUT2D eigenvalue weighted by Gasteiger charge is 2.37. The minimum absolute atomic E-state index is 0.310. The van der Waals surface area contributed by atoms with Crippen molar-refractivity contribution in [1.29, 1.82) is 0 Å². The molecule has 0 saturated carbocycles. The van der Waals surface area contributed by atoms with Gasteiger partial charge in [-0.25, -0.2) is 18.2 Å². The largest absolute Gasteiger partial charge is 0.436 e. The highest BCUT2D eigenvalue weighted by Crippen LogP contribution is 2.32. The van der Waals surface area contributed by atoms with E-state index in [0.29, 0.717) is 6.07 Å². The summed E-state index contributed by atoms with van der Waals surface area (Å²) in [6.45, 7) is 1.07. The fraction of sp³-hybridized carbons (Fsp3) is 0.375. The van der Waals surface area contributed by atoms with Crippen LogP contribution in [0.25, 0.3) is 0 Å². The number of rotatable bonds is 1. The number of hydrogen-bond acceptors (Lipinski definition) is 1. The lowest BCUT2D eigenvalue weighted by Gasteiger charge is -2.10. The van der Waals surface area contributed by atoms with Gasteiger partial charge in [-0.15, -0.1) is 0 Å². The number of aromatic nitrogens is 1. The van der Waals surface area contributed by atoms with E-state index in [2.05, 4.69) is 4.98 Å². The Morgan fingerprint density at radius 3 is 2.20 bits per heavy atom. The van der Waals surface area contributed by atoms with Gasteiger partial charge in [0.15, 0.2) is 11.5 Å². The molecule has 7 heteroatoms. The summed E-state index contributed by atoms with van der Waals surface area (Å²) in [7, 11) is 0. The van der Waals surface area contributed by atoms with Gasteiger partial charge in [-0.05, 0) is 18.6 Å². The quantitative estimate of drug-likeness (QED) is 0.671. The fourth-order valence-electron chi connectivity index (χ4n) is 1.01. The first-order chi connectivity index (χ1) is 6.73. The second-order valence-electron chi connectivity index (χ2n) is 2.82. The maximum Gasteiger partial charge on any atom is 0.436 e. The summed E-state index contributed by atoms with van der Waals surface area (Å²) < 4.78 is 73.3. The molecular weight excluding hydrogens is 224 g/mol. The summed E-state index contributed by atoms with van der Waals surface area (Å²) in [5.41, 5.74) is -3.28. The molecule has 0 N–H and O–H groups in total. The summed E-state index contributed by atoms with van der Waals surface area (Å²) in [5.74, 6) is -1.65. The van der Waals surface area contributed by atoms with E-state index < -0.39 is 29.8 Å². The van der Waals surface area contributed by atoms with Crippen LogP contribution < -0.4 is 0 Å². The van der Waals surface area contributed by atoms with Gasteiger partial charge in [0.1, 0.15) is 5.69 Å². The Bertz CT molecular complexity index is 370. The van der Waals surface area contributed by atoms with E-state index in [4.69, 9.17) is 0 Å². The molecule has 0 bridgehead atoms. The Morgan fingerprint density at radius 2 is 1.80 bits per heavy atom. The van der Waals surface area contributed by atoms with Crippen LogP contribution in [0.3, 0.4) is 0 Å². The second kappa shape index (κ2) is 3.71. The number of aryl methyl sites for hydroxylation is 1. The third kappa shape index (κ3) is 2.40. The van der Waals surface area contributed by atoms with Crippen molar-refractivity contribution >= 4 is 0 Å². The van der Waals surface area contributed by atoms with Crippen molar-refractivity contribution in [3.8, 4) is 0 Å². The topological polar surface area (TPSA) is 12.9 Å². The third-order valence-corrected chi connectivity index (χ3v) is 1.68. The summed E-state index contributed by atoms with van der Waals surface area (Å²) in [5, 5.41) is 0. The molecule has 0 saturated heterocycles. The molecule has 0 aliphatic carbocycles. The van der Waals surface area contributed by atoms with Crippen molar-refractivity contribution < 1.29 is 26.3 Å². The molecule has 0 radical (unpaired) electrons. The minimum Gasteiger partial charge on any atom is -0.239 e. The van der Waals surface area contributed by atoms with E-state index >= 15 is 0 Å². The molecule has 0 aromatic carbocycles. The van der Waals surface area contributed by atoms with Gasteiger partial charge in [-0.1, -0.05) is 0 Å². The Labute approximate surface area is 80.7 Å². The zero-order chi connectivity index (χ0) is 11.8. The van der Waals surface area contributed by atoms with Crippen LogP contribution in [0.1, 0.15) is 23.4 Å². The molecule has 1 aromatic heterocycles. The van der Waals surface area contributed by atoms with E-state index in [-0.39, 0.29) is 5.56 Å². The van der Waals surface area contributed by atoms with Crippen molar-refractivity contribution in [2.45, 2.75) is 19.5 Å². The SMILES string of the molecule is Cc1cc(F)c(C(F)(F)F)nc1C(F)F. The average Bonchev–Trinajstić information content (AvgIpc) is 2.00. The molecule has 1 rings (SSSR count). The molecule has 1 aromatic rings. The molecule has 1 nitrogen and oxygen atoms in total. The van der Waals surface area contributed by atoms with Crippen LogP contribution in [0.15, 0.2) is 6.07 Å². The molecule has 0 atom stereocenters. The molecule has 0 spiro atoms. The summed E-state index contributed by atoms with van der Waals surface area (Å²) in [6.07, 6.45) is -8.23. The average molecular weight is 229 g/mol. The maximum absolute atomic E-state index is 12.8. The smallest absolute Gasteiger partial charge is 0.239 e. The number of hydrogen-bond donors (Lipinski definition) is 0. The van der Waals surface area contributed by atoms with Crippen molar-refractivity contribution in [2.75, 3.05) is 0 Å². The zero-order valence-corrected chi connectivity index (χ0v) is 7.37. The predicted molar refractivity (Wildman–Crippen MR) is 38.9 cm³/mol. The monoisotopic (exact) mass is 229 g/mol. The lowest BCUT2D eigenvalue weighted by molar-refractivity contribution is -0.144. The zero-order valence-electron chi connectivity index (χ0n) is 7.37. The molecule has 0 unspecified atom stereocenters. The lowest BCUT2D eigenvalue weighted by atomic mass is 10.2. The van der Waals surface area contributed by atoms with Crippen LogP contribution in [0.4, 0.5) is 26.3 Å². The Morgan fingerprint density at radius 1 is 1.27 bits per heavy atom. The standard InChI is InChI=1S/C8H5F6N/c1-3-2-4(9)6(8(12,13)14)15-5(3)7(10)11/h2,7H,1H3. The normalized spacial score (nSPS) is 12.3. The molecule has 15 heavy (non-hydrogen) atoms. The predicted octanol–water partition coefficient (Wildman–Crippen LogP) is 3.49. The number of halogens is 6.